The number of amides is 1. The van der Waals surface area contributed by atoms with Crippen LogP contribution in [0.15, 0.2) is 77.7 Å². The smallest absolute Gasteiger partial charge is 0.242 e. The molecule has 0 aliphatic carbocycles. The maximum atomic E-state index is 13.1. The lowest BCUT2D eigenvalue weighted by Crippen LogP contribution is -2.45. The molecule has 9 heteroatoms. The van der Waals surface area contributed by atoms with Gasteiger partial charge in [-0.05, 0) is 61.4 Å². The number of hydrogen-bond donors (Lipinski definition) is 2. The normalized spacial score (nSPS) is 12.2. The van der Waals surface area contributed by atoms with E-state index in [1.807, 2.05) is 37.3 Å². The van der Waals surface area contributed by atoms with Gasteiger partial charge < -0.3 is 10.1 Å². The van der Waals surface area contributed by atoms with Crippen molar-refractivity contribution in [3.63, 3.8) is 0 Å². The van der Waals surface area contributed by atoms with Crippen LogP contribution in [0.1, 0.15) is 12.5 Å². The number of ether oxygens (including phenoxy) is 1. The van der Waals surface area contributed by atoms with Gasteiger partial charge in [-0.1, -0.05) is 53.5 Å². The van der Waals surface area contributed by atoms with Gasteiger partial charge in [0.2, 0.25) is 15.9 Å². The minimum absolute atomic E-state index is 0.0244. The van der Waals surface area contributed by atoms with E-state index in [1.54, 1.807) is 24.3 Å². The Hall–Kier alpha value is -2.58. The molecule has 0 radical (unpaired) electrons. The van der Waals surface area contributed by atoms with Gasteiger partial charge in [-0.25, -0.2) is 8.42 Å². The van der Waals surface area contributed by atoms with E-state index in [9.17, 15) is 13.2 Å². The molecule has 0 saturated carbocycles. The lowest BCUT2D eigenvalue weighted by atomic mass is 10.1. The number of hydrogen-bond acceptors (Lipinski definition) is 4. The molecule has 3 aromatic rings. The zero-order valence-corrected chi connectivity index (χ0v) is 19.5. The monoisotopic (exact) mass is 492 g/mol. The van der Waals surface area contributed by atoms with Crippen molar-refractivity contribution in [2.45, 2.75) is 24.3 Å². The van der Waals surface area contributed by atoms with Gasteiger partial charge >= 0.3 is 0 Å². The molecule has 0 aliphatic rings. The van der Waals surface area contributed by atoms with Gasteiger partial charge in [0.1, 0.15) is 11.8 Å². The van der Waals surface area contributed by atoms with E-state index in [-0.39, 0.29) is 16.3 Å². The Morgan fingerprint density at radius 3 is 2.31 bits per heavy atom. The maximum absolute atomic E-state index is 13.1. The van der Waals surface area contributed by atoms with Crippen LogP contribution in [-0.4, -0.2) is 27.0 Å². The molecule has 1 unspecified atom stereocenters. The van der Waals surface area contributed by atoms with E-state index < -0.39 is 22.0 Å². The molecule has 2 N–H and O–H groups in total. The minimum Gasteiger partial charge on any atom is -0.494 e. The molecule has 0 aromatic heterocycles. The molecule has 0 aliphatic heterocycles. The van der Waals surface area contributed by atoms with Gasteiger partial charge in [-0.15, -0.1) is 0 Å². The van der Waals surface area contributed by atoms with E-state index in [2.05, 4.69) is 10.0 Å². The van der Waals surface area contributed by atoms with Crippen molar-refractivity contribution in [3.05, 3.63) is 88.4 Å². The third-order valence-electron chi connectivity index (χ3n) is 4.53. The fraction of sp³-hybridized carbons (Fsp3) is 0.174. The minimum atomic E-state index is -3.99. The van der Waals surface area contributed by atoms with Gasteiger partial charge in [0, 0.05) is 5.02 Å². The molecule has 0 saturated heterocycles. The Bertz CT molecular complexity index is 1170. The fourth-order valence-electron chi connectivity index (χ4n) is 2.99. The lowest BCUT2D eigenvalue weighted by molar-refractivity contribution is -0.117. The molecule has 6 nitrogen and oxygen atoms in total. The lowest BCUT2D eigenvalue weighted by Gasteiger charge is -2.19. The molecule has 3 aromatic carbocycles. The number of halogens is 2. The van der Waals surface area contributed by atoms with Crippen LogP contribution in [0.3, 0.4) is 0 Å². The molecule has 168 valence electrons. The average molecular weight is 493 g/mol. The van der Waals surface area contributed by atoms with Crippen LogP contribution >= 0.6 is 23.2 Å². The topological polar surface area (TPSA) is 84.5 Å². The number of carbonyl (C=O) groups is 1. The van der Waals surface area contributed by atoms with Crippen molar-refractivity contribution < 1.29 is 17.9 Å². The van der Waals surface area contributed by atoms with Crippen LogP contribution in [0.5, 0.6) is 5.75 Å². The van der Waals surface area contributed by atoms with E-state index in [1.165, 1.54) is 18.2 Å². The number of anilines is 1. The predicted molar refractivity (Wildman–Crippen MR) is 127 cm³/mol. The highest BCUT2D eigenvalue weighted by Crippen LogP contribution is 2.26. The van der Waals surface area contributed by atoms with Crippen molar-refractivity contribution in [2.24, 2.45) is 0 Å². The number of benzene rings is 3. The summed E-state index contributed by atoms with van der Waals surface area (Å²) in [5, 5.41) is 3.35. The molecular formula is C23H22Cl2N2O4S. The van der Waals surface area contributed by atoms with E-state index in [4.69, 9.17) is 27.9 Å². The molecule has 0 bridgehead atoms. The molecule has 0 fully saturated rings. The highest BCUT2D eigenvalue weighted by Gasteiger charge is 2.26. The van der Waals surface area contributed by atoms with Crippen molar-refractivity contribution in [1.29, 1.82) is 0 Å². The summed E-state index contributed by atoms with van der Waals surface area (Å²) in [7, 11) is -3.99. The molecular weight excluding hydrogens is 471 g/mol. The standard InChI is InChI=1S/C23H22Cl2N2O4S/c1-2-31-18-9-11-19(12-10-18)32(29,30)27-22(14-16-6-4-3-5-7-16)23(28)26-21-13-8-17(24)15-20(21)25/h3-13,15,22,27H,2,14H2,1H3,(H,26,28). The van der Waals surface area contributed by atoms with Gasteiger partial charge in [-0.3, -0.25) is 4.79 Å². The van der Waals surface area contributed by atoms with Crippen molar-refractivity contribution in [3.8, 4) is 5.75 Å². The highest BCUT2D eigenvalue weighted by molar-refractivity contribution is 7.89. The third kappa shape index (κ3) is 6.46. The summed E-state index contributed by atoms with van der Waals surface area (Å²) in [6, 6.07) is 18.7. The molecule has 0 heterocycles. The number of sulfonamides is 1. The Morgan fingerprint density at radius 1 is 1.00 bits per heavy atom. The Morgan fingerprint density at radius 2 is 1.69 bits per heavy atom. The average Bonchev–Trinajstić information content (AvgIpc) is 2.76. The number of rotatable bonds is 9. The first kappa shape index (κ1) is 24.1. The maximum Gasteiger partial charge on any atom is 0.242 e. The number of nitrogens with one attached hydrogen (secondary N) is 2. The fourth-order valence-corrected chi connectivity index (χ4v) is 4.64. The van der Waals surface area contributed by atoms with Gasteiger partial charge in [0.05, 0.1) is 22.2 Å². The number of carbonyl (C=O) groups excluding carboxylic acids is 1. The first-order valence-corrected chi connectivity index (χ1v) is 12.1. The van der Waals surface area contributed by atoms with Crippen LogP contribution in [0.4, 0.5) is 5.69 Å². The Labute approximate surface area is 197 Å². The van der Waals surface area contributed by atoms with Crippen LogP contribution in [0.2, 0.25) is 10.0 Å². The van der Waals surface area contributed by atoms with Gasteiger partial charge in [0.25, 0.3) is 0 Å². The Kier molecular flexibility index (Phi) is 8.15. The summed E-state index contributed by atoms with van der Waals surface area (Å²) in [5.74, 6) is 0.00926. The van der Waals surface area contributed by atoms with Crippen LogP contribution in [-0.2, 0) is 21.2 Å². The summed E-state index contributed by atoms with van der Waals surface area (Å²) >= 11 is 12.1. The Balaban J connectivity index is 1.85. The van der Waals surface area contributed by atoms with Crippen molar-refractivity contribution >= 4 is 44.8 Å². The summed E-state index contributed by atoms with van der Waals surface area (Å²) in [4.78, 5) is 13.1. The second-order valence-corrected chi connectivity index (χ2v) is 9.44. The zero-order chi connectivity index (χ0) is 23.1. The summed E-state index contributed by atoms with van der Waals surface area (Å²) in [6.07, 6.45) is 0.147. The SMILES string of the molecule is CCOc1ccc(S(=O)(=O)NC(Cc2ccccc2)C(=O)Nc2ccc(Cl)cc2Cl)cc1. The highest BCUT2D eigenvalue weighted by atomic mass is 35.5. The first-order chi connectivity index (χ1) is 15.3. The van der Waals surface area contributed by atoms with E-state index in [0.29, 0.717) is 23.1 Å². The summed E-state index contributed by atoms with van der Waals surface area (Å²) < 4.78 is 33.9. The second-order valence-electron chi connectivity index (χ2n) is 6.88. The summed E-state index contributed by atoms with van der Waals surface area (Å²) in [5.41, 5.74) is 1.13. The van der Waals surface area contributed by atoms with Crippen molar-refractivity contribution in [2.75, 3.05) is 11.9 Å². The molecule has 1 atom stereocenters. The first-order valence-electron chi connectivity index (χ1n) is 9.83. The van der Waals surface area contributed by atoms with Crippen molar-refractivity contribution in [1.82, 2.24) is 4.72 Å². The van der Waals surface area contributed by atoms with Crippen LogP contribution < -0.4 is 14.8 Å². The second kappa shape index (κ2) is 10.8. The molecule has 0 spiro atoms. The predicted octanol–water partition coefficient (Wildman–Crippen LogP) is 4.92. The molecule has 1 amide bonds. The molecule has 3 rings (SSSR count). The van der Waals surface area contributed by atoms with Gasteiger partial charge in [0.15, 0.2) is 0 Å². The van der Waals surface area contributed by atoms with Crippen LogP contribution in [0.25, 0.3) is 0 Å². The van der Waals surface area contributed by atoms with Gasteiger partial charge in [-0.2, -0.15) is 4.72 Å². The molecule has 32 heavy (non-hydrogen) atoms. The quantitative estimate of drug-likeness (QED) is 0.443. The van der Waals surface area contributed by atoms with E-state index >= 15 is 0 Å². The van der Waals surface area contributed by atoms with E-state index in [0.717, 1.165) is 5.56 Å². The largest absolute Gasteiger partial charge is 0.494 e. The summed E-state index contributed by atoms with van der Waals surface area (Å²) in [6.45, 7) is 2.31. The third-order valence-corrected chi connectivity index (χ3v) is 6.57. The van der Waals surface area contributed by atoms with Crippen LogP contribution in [0, 0.1) is 0 Å². The zero-order valence-electron chi connectivity index (χ0n) is 17.2.